The summed E-state index contributed by atoms with van der Waals surface area (Å²) in [5.74, 6) is -0.131. The van der Waals surface area contributed by atoms with E-state index in [9.17, 15) is 27.2 Å². The van der Waals surface area contributed by atoms with E-state index in [1.165, 1.54) is 37.5 Å². The number of benzene rings is 2. The summed E-state index contributed by atoms with van der Waals surface area (Å²) in [7, 11) is 1.28. The number of nitrogens with zero attached hydrogens (tertiary/aromatic N) is 2. The number of fused-ring (bicyclic) bond motifs is 1. The minimum Gasteiger partial charge on any atom is -0.493 e. The van der Waals surface area contributed by atoms with Gasteiger partial charge in [0, 0.05) is 0 Å². The Bertz CT molecular complexity index is 1120. The molecule has 0 saturated heterocycles. The molecule has 3 aromatic rings. The number of nitriles is 1. The van der Waals surface area contributed by atoms with Gasteiger partial charge in [0.05, 0.1) is 28.5 Å². The Morgan fingerprint density at radius 3 is 2.55 bits per heavy atom. The molecule has 150 valence electrons. The molecule has 10 heteroatoms. The first-order valence-electron chi connectivity index (χ1n) is 7.94. The molecule has 29 heavy (non-hydrogen) atoms. The van der Waals surface area contributed by atoms with Gasteiger partial charge in [0.2, 0.25) is 0 Å². The van der Waals surface area contributed by atoms with Gasteiger partial charge < -0.3 is 9.47 Å². The monoisotopic (exact) mass is 426 g/mol. The first-order valence-corrected chi connectivity index (χ1v) is 8.75. The molecule has 0 atom stereocenters. The maximum Gasteiger partial charge on any atom is 0.416 e. The third-order valence-corrected chi connectivity index (χ3v) is 4.85. The number of rotatable bonds is 5. The van der Waals surface area contributed by atoms with E-state index in [1.807, 2.05) is 6.07 Å². The van der Waals surface area contributed by atoms with Crippen molar-refractivity contribution in [3.05, 3.63) is 52.5 Å². The minimum atomic E-state index is -4.50. The van der Waals surface area contributed by atoms with Gasteiger partial charge in [-0.1, -0.05) is 6.07 Å². The highest BCUT2D eigenvalue weighted by atomic mass is 32.1. The second kappa shape index (κ2) is 8.05. The number of alkyl halides is 5. The third kappa shape index (κ3) is 4.63. The molecule has 0 spiro atoms. The largest absolute Gasteiger partial charge is 0.493 e. The average molecular weight is 426 g/mol. The molecular weight excluding hydrogens is 415 g/mol. The molecule has 0 fully saturated rings. The average Bonchev–Trinajstić information content (AvgIpc) is 3.09. The van der Waals surface area contributed by atoms with Crippen LogP contribution in [0.15, 0.2) is 36.4 Å². The first kappa shape index (κ1) is 20.5. The molecule has 1 heterocycles. The summed E-state index contributed by atoms with van der Waals surface area (Å²) >= 11 is 1.07. The molecule has 0 aliphatic carbocycles. The van der Waals surface area contributed by atoms with Crippen LogP contribution in [0.3, 0.4) is 0 Å². The van der Waals surface area contributed by atoms with Crippen LogP contribution >= 0.6 is 11.3 Å². The van der Waals surface area contributed by atoms with Crippen molar-refractivity contribution in [2.24, 2.45) is 0 Å². The van der Waals surface area contributed by atoms with Crippen LogP contribution in [0.2, 0.25) is 0 Å². The smallest absolute Gasteiger partial charge is 0.416 e. The fourth-order valence-electron chi connectivity index (χ4n) is 2.49. The lowest BCUT2D eigenvalue weighted by atomic mass is 10.1. The summed E-state index contributed by atoms with van der Waals surface area (Å²) in [5, 5.41) is 9.69. The van der Waals surface area contributed by atoms with Crippen LogP contribution in [0.5, 0.6) is 11.5 Å². The van der Waals surface area contributed by atoms with Crippen molar-refractivity contribution in [3.63, 3.8) is 0 Å². The molecule has 0 bridgehead atoms. The number of ether oxygens (including phenoxy) is 2. The zero-order valence-corrected chi connectivity index (χ0v) is 15.4. The zero-order chi connectivity index (χ0) is 21.2. The van der Waals surface area contributed by atoms with Crippen LogP contribution in [-0.4, -0.2) is 18.7 Å². The predicted molar refractivity (Wildman–Crippen MR) is 97.7 cm³/mol. The van der Waals surface area contributed by atoms with Crippen molar-refractivity contribution in [2.75, 3.05) is 7.11 Å². The van der Waals surface area contributed by atoms with Crippen LogP contribution in [0.1, 0.15) is 16.1 Å². The van der Waals surface area contributed by atoms with Crippen molar-refractivity contribution >= 4 is 33.2 Å². The number of hydrogen-bond acceptors (Lipinski definition) is 5. The number of halogens is 5. The summed E-state index contributed by atoms with van der Waals surface area (Å²) in [6.07, 6.45) is -3.07. The number of thiazole rings is 1. The molecule has 0 radical (unpaired) electrons. The van der Waals surface area contributed by atoms with Gasteiger partial charge in [-0.2, -0.15) is 27.2 Å². The van der Waals surface area contributed by atoms with Crippen molar-refractivity contribution < 1.29 is 31.4 Å². The SMILES string of the molecule is COc1cc(C=C(C#N)c2nc3cc(C(F)(F)F)ccc3s2)ccc1OC(F)F. The van der Waals surface area contributed by atoms with Crippen LogP contribution in [-0.2, 0) is 6.18 Å². The lowest BCUT2D eigenvalue weighted by Gasteiger charge is -2.10. The van der Waals surface area contributed by atoms with Crippen LogP contribution in [0.4, 0.5) is 22.0 Å². The molecular formula is C19H11F5N2O2S. The maximum absolute atomic E-state index is 12.9. The van der Waals surface area contributed by atoms with Crippen molar-refractivity contribution in [1.29, 1.82) is 5.26 Å². The Labute approximate surface area is 165 Å². The quantitative estimate of drug-likeness (QED) is 0.372. The summed E-state index contributed by atoms with van der Waals surface area (Å²) in [6, 6.07) is 9.22. The van der Waals surface area contributed by atoms with Crippen LogP contribution in [0, 0.1) is 11.3 Å². The van der Waals surface area contributed by atoms with E-state index in [-0.39, 0.29) is 27.6 Å². The molecule has 0 aliphatic heterocycles. The molecule has 0 unspecified atom stereocenters. The maximum atomic E-state index is 12.9. The van der Waals surface area contributed by atoms with Gasteiger partial charge >= 0.3 is 12.8 Å². The fraction of sp³-hybridized carbons (Fsp3) is 0.158. The standard InChI is InChI=1S/C19H11F5N2O2S/c1-27-15-7-10(2-4-14(15)28-18(20)21)6-11(9-25)17-26-13-8-12(19(22,23)24)3-5-16(13)29-17/h2-8,18H,1H3. The van der Waals surface area contributed by atoms with Gasteiger partial charge in [0.25, 0.3) is 0 Å². The van der Waals surface area contributed by atoms with E-state index in [0.29, 0.717) is 10.3 Å². The summed E-state index contributed by atoms with van der Waals surface area (Å²) in [5.41, 5.74) is -0.164. The van der Waals surface area contributed by atoms with Gasteiger partial charge in [0.1, 0.15) is 11.1 Å². The molecule has 0 saturated carbocycles. The van der Waals surface area contributed by atoms with Crippen LogP contribution in [0.25, 0.3) is 21.9 Å². The van der Waals surface area contributed by atoms with Crippen molar-refractivity contribution in [1.82, 2.24) is 4.98 Å². The van der Waals surface area contributed by atoms with E-state index in [0.717, 1.165) is 23.5 Å². The van der Waals surface area contributed by atoms with E-state index in [4.69, 9.17) is 4.74 Å². The Kier molecular flexibility index (Phi) is 5.70. The molecule has 4 nitrogen and oxygen atoms in total. The highest BCUT2D eigenvalue weighted by molar-refractivity contribution is 7.19. The number of aromatic nitrogens is 1. The van der Waals surface area contributed by atoms with Gasteiger partial charge in [0.15, 0.2) is 11.5 Å². The fourth-order valence-corrected chi connectivity index (χ4v) is 3.41. The number of hydrogen-bond donors (Lipinski definition) is 0. The van der Waals surface area contributed by atoms with Gasteiger partial charge in [-0.3, -0.25) is 0 Å². The normalized spacial score (nSPS) is 12.3. The lowest BCUT2D eigenvalue weighted by molar-refractivity contribution is -0.137. The second-order valence-electron chi connectivity index (χ2n) is 5.66. The zero-order valence-electron chi connectivity index (χ0n) is 14.6. The molecule has 2 aromatic carbocycles. The van der Waals surface area contributed by atoms with Gasteiger partial charge in [-0.25, -0.2) is 4.98 Å². The van der Waals surface area contributed by atoms with Crippen LogP contribution < -0.4 is 9.47 Å². The Hall–Kier alpha value is -3.19. The predicted octanol–water partition coefficient (Wildman–Crippen LogP) is 5.99. The van der Waals surface area contributed by atoms with Crippen molar-refractivity contribution in [3.8, 4) is 17.6 Å². The minimum absolute atomic E-state index is 0.0375. The summed E-state index contributed by atoms with van der Waals surface area (Å²) < 4.78 is 73.3. The Morgan fingerprint density at radius 1 is 1.17 bits per heavy atom. The lowest BCUT2D eigenvalue weighted by Crippen LogP contribution is -2.03. The molecule has 0 N–H and O–H groups in total. The van der Waals surface area contributed by atoms with E-state index < -0.39 is 18.4 Å². The molecule has 1 aromatic heterocycles. The van der Waals surface area contributed by atoms with Gasteiger partial charge in [-0.05, 0) is 42.0 Å². The molecule has 3 rings (SSSR count). The number of allylic oxidation sites excluding steroid dienone is 1. The van der Waals surface area contributed by atoms with Gasteiger partial charge in [-0.15, -0.1) is 11.3 Å². The highest BCUT2D eigenvalue weighted by Crippen LogP contribution is 2.35. The van der Waals surface area contributed by atoms with E-state index in [2.05, 4.69) is 9.72 Å². The second-order valence-corrected chi connectivity index (χ2v) is 6.69. The molecule has 0 aliphatic rings. The summed E-state index contributed by atoms with van der Waals surface area (Å²) in [6.45, 7) is -3.02. The summed E-state index contributed by atoms with van der Waals surface area (Å²) in [4.78, 5) is 4.13. The molecule has 0 amide bonds. The topological polar surface area (TPSA) is 55.1 Å². The van der Waals surface area contributed by atoms with Crippen molar-refractivity contribution in [2.45, 2.75) is 12.8 Å². The number of methoxy groups -OCH3 is 1. The Morgan fingerprint density at radius 2 is 1.93 bits per heavy atom. The Balaban J connectivity index is 1.99. The van der Waals surface area contributed by atoms with E-state index in [1.54, 1.807) is 0 Å². The third-order valence-electron chi connectivity index (χ3n) is 3.78. The highest BCUT2D eigenvalue weighted by Gasteiger charge is 2.30. The van der Waals surface area contributed by atoms with E-state index >= 15 is 0 Å². The first-order chi connectivity index (χ1) is 13.7.